The van der Waals surface area contributed by atoms with Crippen molar-refractivity contribution in [3.05, 3.63) is 188 Å². The molecule has 0 spiro atoms. The van der Waals surface area contributed by atoms with Gasteiger partial charge in [0.15, 0.2) is 17.5 Å². The van der Waals surface area contributed by atoms with Crippen molar-refractivity contribution in [3.8, 4) is 67.5 Å². The van der Waals surface area contributed by atoms with Gasteiger partial charge < -0.3 is 4.42 Å². The summed E-state index contributed by atoms with van der Waals surface area (Å²) in [5.41, 5.74) is 11.5. The molecular formula is C49H31N3O. The maximum absolute atomic E-state index is 6.46. The van der Waals surface area contributed by atoms with Gasteiger partial charge in [-0.05, 0) is 50.9 Å². The van der Waals surface area contributed by atoms with Crippen molar-refractivity contribution in [2.45, 2.75) is 0 Å². The van der Waals surface area contributed by atoms with E-state index in [0.29, 0.717) is 17.5 Å². The van der Waals surface area contributed by atoms with Crippen molar-refractivity contribution in [1.29, 1.82) is 0 Å². The second-order valence-corrected chi connectivity index (χ2v) is 13.2. The molecule has 10 aromatic rings. The molecule has 0 saturated carbocycles. The van der Waals surface area contributed by atoms with Crippen LogP contribution in [0.4, 0.5) is 0 Å². The Bertz CT molecular complexity index is 2900. The molecule has 248 valence electrons. The summed E-state index contributed by atoms with van der Waals surface area (Å²) in [4.78, 5) is 15.0. The Hall–Kier alpha value is -7.17. The molecule has 4 heteroatoms. The van der Waals surface area contributed by atoms with Crippen LogP contribution in [0.2, 0.25) is 0 Å². The number of benzene rings is 8. The lowest BCUT2D eigenvalue weighted by Gasteiger charge is -2.11. The summed E-state index contributed by atoms with van der Waals surface area (Å²) in [5, 5.41) is 4.50. The van der Waals surface area contributed by atoms with E-state index >= 15 is 0 Å². The molecule has 8 aromatic carbocycles. The van der Waals surface area contributed by atoms with E-state index in [1.54, 1.807) is 0 Å². The summed E-state index contributed by atoms with van der Waals surface area (Å²) in [6.07, 6.45) is 0. The molecule has 0 N–H and O–H groups in total. The molecule has 0 aliphatic heterocycles. The lowest BCUT2D eigenvalue weighted by atomic mass is 9.95. The van der Waals surface area contributed by atoms with Crippen molar-refractivity contribution in [2.75, 3.05) is 0 Å². The molecule has 0 radical (unpaired) electrons. The Kier molecular flexibility index (Phi) is 7.43. The first-order chi connectivity index (χ1) is 26.2. The van der Waals surface area contributed by atoms with Crippen LogP contribution < -0.4 is 0 Å². The molecule has 0 saturated heterocycles. The standard InChI is InChI=1S/C49H31N3O/c1-3-10-32(11-4-1)33-18-20-34(21-19-33)35-22-26-39(27-23-35)48-50-47(38-12-5-2-6-13-38)51-49(52-48)40-28-24-36(25-29-40)41-16-9-14-37-30-31-43-42-15-7-8-17-44(42)53-46(43)45(37)41/h1-31H. The molecule has 0 unspecified atom stereocenters. The van der Waals surface area contributed by atoms with Crippen molar-refractivity contribution >= 4 is 32.7 Å². The van der Waals surface area contributed by atoms with Gasteiger partial charge in [-0.15, -0.1) is 0 Å². The molecule has 10 rings (SSSR count). The number of rotatable bonds is 6. The molecule has 0 bridgehead atoms. The van der Waals surface area contributed by atoms with Gasteiger partial charge in [-0.2, -0.15) is 0 Å². The minimum Gasteiger partial charge on any atom is -0.455 e. The first kappa shape index (κ1) is 30.6. The van der Waals surface area contributed by atoms with E-state index in [9.17, 15) is 0 Å². The summed E-state index contributed by atoms with van der Waals surface area (Å²) in [6, 6.07) is 65.2. The topological polar surface area (TPSA) is 51.8 Å². The molecular weight excluding hydrogens is 647 g/mol. The Balaban J connectivity index is 1.01. The van der Waals surface area contributed by atoms with Gasteiger partial charge in [0.2, 0.25) is 0 Å². The summed E-state index contributed by atoms with van der Waals surface area (Å²) in [5.74, 6) is 1.89. The molecule has 2 heterocycles. The van der Waals surface area contributed by atoms with Crippen LogP contribution in [0.1, 0.15) is 0 Å². The lowest BCUT2D eigenvalue weighted by Crippen LogP contribution is -2.00. The van der Waals surface area contributed by atoms with Crippen LogP contribution in [-0.2, 0) is 0 Å². The van der Waals surface area contributed by atoms with Gasteiger partial charge in [-0.3, -0.25) is 0 Å². The zero-order valence-electron chi connectivity index (χ0n) is 28.6. The van der Waals surface area contributed by atoms with Gasteiger partial charge in [-0.1, -0.05) is 176 Å². The number of hydrogen-bond acceptors (Lipinski definition) is 4. The zero-order valence-corrected chi connectivity index (χ0v) is 28.6. The number of fused-ring (bicyclic) bond motifs is 5. The molecule has 53 heavy (non-hydrogen) atoms. The number of hydrogen-bond donors (Lipinski definition) is 0. The monoisotopic (exact) mass is 677 g/mol. The largest absolute Gasteiger partial charge is 0.455 e. The number of furan rings is 1. The predicted molar refractivity (Wildman–Crippen MR) is 217 cm³/mol. The average molecular weight is 678 g/mol. The van der Waals surface area contributed by atoms with E-state index < -0.39 is 0 Å². The van der Waals surface area contributed by atoms with Gasteiger partial charge >= 0.3 is 0 Å². The molecule has 2 aromatic heterocycles. The fourth-order valence-electron chi connectivity index (χ4n) is 7.24. The van der Waals surface area contributed by atoms with Crippen molar-refractivity contribution in [1.82, 2.24) is 15.0 Å². The van der Waals surface area contributed by atoms with E-state index in [2.05, 4.69) is 140 Å². The van der Waals surface area contributed by atoms with Crippen LogP contribution in [0, 0.1) is 0 Å². The maximum Gasteiger partial charge on any atom is 0.164 e. The third kappa shape index (κ3) is 5.63. The van der Waals surface area contributed by atoms with Gasteiger partial charge in [-0.25, -0.2) is 15.0 Å². The van der Waals surface area contributed by atoms with Crippen LogP contribution in [0.3, 0.4) is 0 Å². The van der Waals surface area contributed by atoms with Crippen LogP contribution in [0.5, 0.6) is 0 Å². The van der Waals surface area contributed by atoms with Crippen molar-refractivity contribution in [3.63, 3.8) is 0 Å². The Morgan fingerprint density at radius 2 is 0.755 bits per heavy atom. The number of aromatic nitrogens is 3. The predicted octanol–water partition coefficient (Wildman–Crippen LogP) is 12.9. The van der Waals surface area contributed by atoms with Crippen molar-refractivity contribution in [2.24, 2.45) is 0 Å². The average Bonchev–Trinajstić information content (AvgIpc) is 3.63. The first-order valence-electron chi connectivity index (χ1n) is 17.8. The van der Waals surface area contributed by atoms with Gasteiger partial charge in [0, 0.05) is 32.8 Å². The van der Waals surface area contributed by atoms with Gasteiger partial charge in [0.25, 0.3) is 0 Å². The van der Waals surface area contributed by atoms with E-state index in [1.807, 2.05) is 48.5 Å². The SMILES string of the molecule is c1ccc(-c2ccc(-c3ccc(-c4nc(-c5ccccc5)nc(-c5ccc(-c6cccc7ccc8c9ccccc9oc8c67)cc5)n4)cc3)cc2)cc1. The number of para-hydroxylation sites is 1. The quantitative estimate of drug-likeness (QED) is 0.176. The van der Waals surface area contributed by atoms with Crippen LogP contribution in [0.25, 0.3) is 100 Å². The fourth-order valence-corrected chi connectivity index (χ4v) is 7.24. The summed E-state index contributed by atoms with van der Waals surface area (Å²) < 4.78 is 6.46. The summed E-state index contributed by atoms with van der Waals surface area (Å²) in [7, 11) is 0. The van der Waals surface area contributed by atoms with E-state index in [-0.39, 0.29) is 0 Å². The molecule has 4 nitrogen and oxygen atoms in total. The highest BCUT2D eigenvalue weighted by Gasteiger charge is 2.16. The van der Waals surface area contributed by atoms with E-state index in [1.165, 1.54) is 11.1 Å². The highest BCUT2D eigenvalue weighted by atomic mass is 16.3. The van der Waals surface area contributed by atoms with Crippen LogP contribution >= 0.6 is 0 Å². The normalized spacial score (nSPS) is 11.4. The van der Waals surface area contributed by atoms with Gasteiger partial charge in [0.1, 0.15) is 11.2 Å². The Morgan fingerprint density at radius 1 is 0.302 bits per heavy atom. The Morgan fingerprint density at radius 3 is 1.34 bits per heavy atom. The second kappa shape index (κ2) is 12.9. The van der Waals surface area contributed by atoms with Crippen molar-refractivity contribution < 1.29 is 4.42 Å². The molecule has 0 atom stereocenters. The first-order valence-corrected chi connectivity index (χ1v) is 17.8. The zero-order chi connectivity index (χ0) is 35.1. The minimum atomic E-state index is 0.624. The fraction of sp³-hybridized carbons (Fsp3) is 0. The number of nitrogens with zero attached hydrogens (tertiary/aromatic N) is 3. The summed E-state index contributed by atoms with van der Waals surface area (Å²) >= 11 is 0. The van der Waals surface area contributed by atoms with E-state index in [4.69, 9.17) is 19.4 Å². The smallest absolute Gasteiger partial charge is 0.164 e. The maximum atomic E-state index is 6.46. The van der Waals surface area contributed by atoms with E-state index in [0.717, 1.165) is 71.7 Å². The third-order valence-electron chi connectivity index (χ3n) is 9.98. The van der Waals surface area contributed by atoms with Crippen LogP contribution in [-0.4, -0.2) is 15.0 Å². The van der Waals surface area contributed by atoms with Gasteiger partial charge in [0.05, 0.1) is 0 Å². The Labute approximate surface area is 306 Å². The third-order valence-corrected chi connectivity index (χ3v) is 9.98. The second-order valence-electron chi connectivity index (χ2n) is 13.2. The highest BCUT2D eigenvalue weighted by molar-refractivity contribution is 6.18. The molecule has 0 aliphatic rings. The van der Waals surface area contributed by atoms with Crippen LogP contribution in [0.15, 0.2) is 192 Å². The lowest BCUT2D eigenvalue weighted by molar-refractivity contribution is 0.673. The molecule has 0 aliphatic carbocycles. The molecule has 0 fully saturated rings. The molecule has 0 amide bonds. The minimum absolute atomic E-state index is 0.624. The highest BCUT2D eigenvalue weighted by Crippen LogP contribution is 2.39. The summed E-state index contributed by atoms with van der Waals surface area (Å²) in [6.45, 7) is 0.